The minimum Gasteiger partial charge on any atom is -0.361 e. The van der Waals surface area contributed by atoms with Gasteiger partial charge in [0.1, 0.15) is 0 Å². The SMILES string of the molecule is CC(C)SCc1c[nH]c2ccc(Cl)cc12. The molecule has 0 atom stereocenters. The van der Waals surface area contributed by atoms with Crippen molar-refractivity contribution in [3.8, 4) is 0 Å². The molecular formula is C12H14ClNS. The molecule has 0 aliphatic heterocycles. The number of nitrogens with one attached hydrogen (secondary N) is 1. The third-order valence-electron chi connectivity index (χ3n) is 2.30. The smallest absolute Gasteiger partial charge is 0.0458 e. The summed E-state index contributed by atoms with van der Waals surface area (Å²) >= 11 is 7.94. The topological polar surface area (TPSA) is 15.8 Å². The second-order valence-corrected chi connectivity index (χ2v) is 5.86. The quantitative estimate of drug-likeness (QED) is 0.836. The largest absolute Gasteiger partial charge is 0.361 e. The molecule has 0 saturated carbocycles. The third-order valence-corrected chi connectivity index (χ3v) is 3.68. The van der Waals surface area contributed by atoms with E-state index >= 15 is 0 Å². The van der Waals surface area contributed by atoms with Crippen LogP contribution in [0.2, 0.25) is 5.02 Å². The second-order valence-electron chi connectivity index (χ2n) is 3.86. The van der Waals surface area contributed by atoms with Gasteiger partial charge in [0.2, 0.25) is 0 Å². The molecule has 1 aromatic heterocycles. The summed E-state index contributed by atoms with van der Waals surface area (Å²) in [6.45, 7) is 4.43. The molecule has 0 spiro atoms. The molecule has 3 heteroatoms. The number of hydrogen-bond donors (Lipinski definition) is 1. The molecule has 0 radical (unpaired) electrons. The maximum absolute atomic E-state index is 5.99. The molecule has 2 rings (SSSR count). The first-order valence-electron chi connectivity index (χ1n) is 5.04. The van der Waals surface area contributed by atoms with Crippen molar-refractivity contribution >= 4 is 34.3 Å². The zero-order valence-corrected chi connectivity index (χ0v) is 10.5. The van der Waals surface area contributed by atoms with Crippen molar-refractivity contribution < 1.29 is 0 Å². The molecule has 0 aliphatic rings. The van der Waals surface area contributed by atoms with Crippen molar-refractivity contribution in [2.24, 2.45) is 0 Å². The van der Waals surface area contributed by atoms with Crippen LogP contribution in [0, 0.1) is 0 Å². The fourth-order valence-corrected chi connectivity index (χ4v) is 2.45. The van der Waals surface area contributed by atoms with E-state index in [-0.39, 0.29) is 0 Å². The van der Waals surface area contributed by atoms with E-state index in [1.54, 1.807) is 0 Å². The van der Waals surface area contributed by atoms with Crippen molar-refractivity contribution in [2.45, 2.75) is 24.9 Å². The molecule has 0 aliphatic carbocycles. The van der Waals surface area contributed by atoms with Crippen LogP contribution in [0.25, 0.3) is 10.9 Å². The van der Waals surface area contributed by atoms with Crippen molar-refractivity contribution in [3.05, 3.63) is 35.0 Å². The zero-order valence-electron chi connectivity index (χ0n) is 8.88. The molecule has 0 unspecified atom stereocenters. The van der Waals surface area contributed by atoms with Gasteiger partial charge in [-0.1, -0.05) is 25.4 Å². The minimum absolute atomic E-state index is 0.661. The third kappa shape index (κ3) is 2.50. The number of H-pyrrole nitrogens is 1. The number of aromatic amines is 1. The molecule has 1 aromatic carbocycles. The summed E-state index contributed by atoms with van der Waals surface area (Å²) in [6, 6.07) is 5.98. The summed E-state index contributed by atoms with van der Waals surface area (Å²) in [5.41, 5.74) is 2.50. The Kier molecular flexibility index (Phi) is 3.27. The standard InChI is InChI=1S/C12H14ClNS/c1-8(2)15-7-9-6-14-12-4-3-10(13)5-11(9)12/h3-6,8,14H,7H2,1-2H3. The van der Waals surface area contributed by atoms with E-state index in [1.165, 1.54) is 16.5 Å². The Morgan fingerprint density at radius 3 is 2.93 bits per heavy atom. The van der Waals surface area contributed by atoms with Gasteiger partial charge in [-0.25, -0.2) is 0 Å². The fourth-order valence-electron chi connectivity index (χ4n) is 1.53. The molecular weight excluding hydrogens is 226 g/mol. The lowest BCUT2D eigenvalue weighted by Gasteiger charge is -2.03. The second kappa shape index (κ2) is 4.50. The van der Waals surface area contributed by atoms with E-state index in [0.717, 1.165) is 10.8 Å². The lowest BCUT2D eigenvalue weighted by Crippen LogP contribution is -1.87. The molecule has 80 valence electrons. The van der Waals surface area contributed by atoms with Gasteiger partial charge >= 0.3 is 0 Å². The lowest BCUT2D eigenvalue weighted by atomic mass is 10.2. The van der Waals surface area contributed by atoms with Crippen LogP contribution in [0.4, 0.5) is 0 Å². The highest BCUT2D eigenvalue weighted by Crippen LogP contribution is 2.26. The fraction of sp³-hybridized carbons (Fsp3) is 0.333. The highest BCUT2D eigenvalue weighted by Gasteiger charge is 2.05. The first-order chi connectivity index (χ1) is 7.16. The summed E-state index contributed by atoms with van der Waals surface area (Å²) < 4.78 is 0. The lowest BCUT2D eigenvalue weighted by molar-refractivity contribution is 1.11. The molecule has 0 amide bonds. The monoisotopic (exact) mass is 239 g/mol. The summed E-state index contributed by atoms with van der Waals surface area (Å²) in [6.07, 6.45) is 2.08. The number of halogens is 1. The first-order valence-corrected chi connectivity index (χ1v) is 6.46. The molecule has 0 saturated heterocycles. The Labute approximate surface area is 99.2 Å². The van der Waals surface area contributed by atoms with Crippen LogP contribution in [0.15, 0.2) is 24.4 Å². The van der Waals surface area contributed by atoms with Gasteiger partial charge in [0.05, 0.1) is 0 Å². The highest BCUT2D eigenvalue weighted by atomic mass is 35.5. The van der Waals surface area contributed by atoms with Crippen LogP contribution in [-0.4, -0.2) is 10.2 Å². The van der Waals surface area contributed by atoms with Crippen LogP contribution in [0.1, 0.15) is 19.4 Å². The van der Waals surface area contributed by atoms with Gasteiger partial charge in [-0.15, -0.1) is 0 Å². The van der Waals surface area contributed by atoms with Crippen molar-refractivity contribution in [1.82, 2.24) is 4.98 Å². The van der Waals surface area contributed by atoms with Gasteiger partial charge in [-0.05, 0) is 29.0 Å². The van der Waals surface area contributed by atoms with Crippen LogP contribution >= 0.6 is 23.4 Å². The van der Waals surface area contributed by atoms with E-state index in [9.17, 15) is 0 Å². The molecule has 2 aromatic rings. The minimum atomic E-state index is 0.661. The predicted molar refractivity (Wildman–Crippen MR) is 69.7 cm³/mol. The molecule has 0 fully saturated rings. The van der Waals surface area contributed by atoms with E-state index in [4.69, 9.17) is 11.6 Å². The number of fused-ring (bicyclic) bond motifs is 1. The molecule has 1 N–H and O–H groups in total. The summed E-state index contributed by atoms with van der Waals surface area (Å²) in [5.74, 6) is 1.04. The van der Waals surface area contributed by atoms with Gasteiger partial charge in [0.25, 0.3) is 0 Å². The van der Waals surface area contributed by atoms with E-state index in [1.807, 2.05) is 30.0 Å². The molecule has 1 heterocycles. The number of hydrogen-bond acceptors (Lipinski definition) is 1. The van der Waals surface area contributed by atoms with Gasteiger partial charge in [-0.2, -0.15) is 11.8 Å². The maximum atomic E-state index is 5.99. The Morgan fingerprint density at radius 1 is 1.40 bits per heavy atom. The first kappa shape index (κ1) is 10.9. The van der Waals surface area contributed by atoms with E-state index < -0.39 is 0 Å². The van der Waals surface area contributed by atoms with E-state index in [2.05, 4.69) is 25.0 Å². The number of rotatable bonds is 3. The Morgan fingerprint density at radius 2 is 2.20 bits per heavy atom. The van der Waals surface area contributed by atoms with Crippen LogP contribution in [0.3, 0.4) is 0 Å². The van der Waals surface area contributed by atoms with Crippen LogP contribution in [-0.2, 0) is 5.75 Å². The van der Waals surface area contributed by atoms with Gasteiger partial charge < -0.3 is 4.98 Å². The predicted octanol–water partition coefficient (Wildman–Crippen LogP) is 4.46. The summed E-state index contributed by atoms with van der Waals surface area (Å²) in [7, 11) is 0. The Balaban J connectivity index is 2.31. The Bertz CT molecular complexity index is 462. The normalized spacial score (nSPS) is 11.5. The van der Waals surface area contributed by atoms with Gasteiger partial charge in [0, 0.05) is 27.9 Å². The summed E-state index contributed by atoms with van der Waals surface area (Å²) in [5, 5.41) is 2.71. The Hall–Kier alpha value is -0.600. The van der Waals surface area contributed by atoms with Gasteiger partial charge in [0.15, 0.2) is 0 Å². The van der Waals surface area contributed by atoms with Crippen molar-refractivity contribution in [3.63, 3.8) is 0 Å². The van der Waals surface area contributed by atoms with Gasteiger partial charge in [-0.3, -0.25) is 0 Å². The van der Waals surface area contributed by atoms with Crippen molar-refractivity contribution in [2.75, 3.05) is 0 Å². The average molecular weight is 240 g/mol. The number of aromatic nitrogens is 1. The van der Waals surface area contributed by atoms with Crippen LogP contribution < -0.4 is 0 Å². The zero-order chi connectivity index (χ0) is 10.8. The molecule has 15 heavy (non-hydrogen) atoms. The molecule has 0 bridgehead atoms. The summed E-state index contributed by atoms with van der Waals surface area (Å²) in [4.78, 5) is 3.27. The number of benzene rings is 1. The number of thioether (sulfide) groups is 1. The van der Waals surface area contributed by atoms with E-state index in [0.29, 0.717) is 5.25 Å². The highest BCUT2D eigenvalue weighted by molar-refractivity contribution is 7.99. The van der Waals surface area contributed by atoms with Crippen LogP contribution in [0.5, 0.6) is 0 Å². The molecule has 1 nitrogen and oxygen atoms in total. The maximum Gasteiger partial charge on any atom is 0.0458 e. The average Bonchev–Trinajstić information content (AvgIpc) is 2.57. The van der Waals surface area contributed by atoms with Crippen molar-refractivity contribution in [1.29, 1.82) is 0 Å².